The van der Waals surface area contributed by atoms with E-state index in [1.807, 2.05) is 27.0 Å². The Bertz CT molecular complexity index is 1320. The number of hydrogen-bond acceptors (Lipinski definition) is 8. The number of halogens is 2. The first-order valence-electron chi connectivity index (χ1n) is 11.1. The summed E-state index contributed by atoms with van der Waals surface area (Å²) in [6.45, 7) is 6.42. The largest absolute Gasteiger partial charge is 0.461 e. The normalized spacial score (nSPS) is 14.5. The van der Waals surface area contributed by atoms with Crippen molar-refractivity contribution in [1.29, 1.82) is 0 Å². The number of thiazole rings is 1. The molecule has 0 N–H and O–H groups in total. The van der Waals surface area contributed by atoms with E-state index in [9.17, 15) is 4.79 Å². The van der Waals surface area contributed by atoms with Crippen LogP contribution in [0.15, 0.2) is 51.5 Å². The highest BCUT2D eigenvalue weighted by Crippen LogP contribution is 2.33. The second kappa shape index (κ2) is 10.7. The Kier molecular flexibility index (Phi) is 7.45. The van der Waals surface area contributed by atoms with Crippen LogP contribution in [0.1, 0.15) is 22.4 Å². The van der Waals surface area contributed by atoms with Gasteiger partial charge < -0.3 is 14.2 Å². The molecule has 1 aliphatic rings. The van der Waals surface area contributed by atoms with Crippen molar-refractivity contribution in [3.63, 3.8) is 0 Å². The zero-order valence-corrected chi connectivity index (χ0v) is 22.0. The van der Waals surface area contributed by atoms with Crippen LogP contribution < -0.4 is 0 Å². The van der Waals surface area contributed by atoms with Crippen LogP contribution in [0.4, 0.5) is 0 Å². The lowest BCUT2D eigenvalue weighted by Crippen LogP contribution is -2.48. The fraction of sp³-hybridized carbons (Fsp3) is 0.304. The van der Waals surface area contributed by atoms with Crippen LogP contribution >= 0.6 is 46.3 Å². The van der Waals surface area contributed by atoms with Gasteiger partial charge in [0.15, 0.2) is 10.9 Å². The van der Waals surface area contributed by atoms with Crippen molar-refractivity contribution >= 4 is 52.2 Å². The molecule has 1 saturated heterocycles. The van der Waals surface area contributed by atoms with E-state index in [4.69, 9.17) is 27.6 Å². The molecule has 0 bridgehead atoms. The van der Waals surface area contributed by atoms with Crippen molar-refractivity contribution in [2.45, 2.75) is 17.8 Å². The molecule has 0 radical (unpaired) electrons. The Labute approximate surface area is 220 Å². The number of thioether (sulfide) groups is 1. The van der Waals surface area contributed by atoms with Crippen molar-refractivity contribution in [2.24, 2.45) is 0 Å². The highest BCUT2D eigenvalue weighted by Gasteiger charge is 2.24. The quantitative estimate of drug-likeness (QED) is 0.287. The molecule has 1 fully saturated rings. The Morgan fingerprint density at radius 2 is 1.97 bits per heavy atom. The van der Waals surface area contributed by atoms with E-state index in [1.54, 1.807) is 24.5 Å². The smallest absolute Gasteiger partial charge is 0.273 e. The molecule has 0 aliphatic carbocycles. The molecule has 8 nitrogen and oxygen atoms in total. The van der Waals surface area contributed by atoms with Gasteiger partial charge in [-0.15, -0.1) is 21.5 Å². The number of furan rings is 1. The lowest BCUT2D eigenvalue weighted by molar-refractivity contribution is 0.0638. The molecular weight excluding hydrogens is 527 g/mol. The second-order valence-corrected chi connectivity index (χ2v) is 10.6. The van der Waals surface area contributed by atoms with E-state index >= 15 is 0 Å². The van der Waals surface area contributed by atoms with Crippen LogP contribution in [-0.2, 0) is 5.75 Å². The lowest BCUT2D eigenvalue weighted by Gasteiger charge is -2.33. The third kappa shape index (κ3) is 5.26. The van der Waals surface area contributed by atoms with Gasteiger partial charge in [0.1, 0.15) is 10.7 Å². The van der Waals surface area contributed by atoms with E-state index < -0.39 is 0 Å². The van der Waals surface area contributed by atoms with Gasteiger partial charge in [0, 0.05) is 31.6 Å². The van der Waals surface area contributed by atoms with Crippen molar-refractivity contribution in [3.8, 4) is 17.3 Å². The third-order valence-electron chi connectivity index (χ3n) is 5.74. The molecule has 0 saturated carbocycles. The van der Waals surface area contributed by atoms with E-state index in [0.29, 0.717) is 38.2 Å². The molecule has 0 atom stereocenters. The Balaban J connectivity index is 1.34. The molecule has 1 amide bonds. The third-order valence-corrected chi connectivity index (χ3v) is 8.45. The van der Waals surface area contributed by atoms with Crippen molar-refractivity contribution in [3.05, 3.63) is 62.7 Å². The SMILES string of the molecule is CCN1CCN(C(=O)c2csc(CSc3nnc(-c4ccco4)n3-c3ccc(Cl)c(Cl)c3)n2)CC1. The van der Waals surface area contributed by atoms with Crippen LogP contribution in [0.25, 0.3) is 17.3 Å². The number of carbonyl (C=O) groups excluding carboxylic acids is 1. The summed E-state index contributed by atoms with van der Waals surface area (Å²) in [6, 6.07) is 8.98. The molecule has 35 heavy (non-hydrogen) atoms. The number of rotatable bonds is 7. The number of aromatic nitrogens is 4. The monoisotopic (exact) mass is 548 g/mol. The van der Waals surface area contributed by atoms with Gasteiger partial charge in [-0.25, -0.2) is 4.98 Å². The first-order chi connectivity index (χ1) is 17.0. The highest BCUT2D eigenvalue weighted by molar-refractivity contribution is 7.98. The van der Waals surface area contributed by atoms with Gasteiger partial charge in [0.05, 0.1) is 27.7 Å². The minimum atomic E-state index is -0.00710. The fourth-order valence-electron chi connectivity index (χ4n) is 3.82. The molecular formula is C23H22Cl2N6O2S2. The topological polar surface area (TPSA) is 80.3 Å². The number of piperazine rings is 1. The van der Waals surface area contributed by atoms with Crippen LogP contribution in [-0.4, -0.2) is 68.2 Å². The number of benzene rings is 1. The standard InChI is InChI=1S/C23H22Cl2N6O2S2/c1-2-29-7-9-30(10-8-29)22(32)18-13-34-20(26-18)14-35-23-28-27-21(19-4-3-11-33-19)31(23)15-5-6-16(24)17(25)12-15/h3-6,11-13H,2,7-10,14H2,1H3. The Morgan fingerprint density at radius 1 is 1.14 bits per heavy atom. The molecule has 1 aromatic carbocycles. The zero-order valence-electron chi connectivity index (χ0n) is 18.9. The van der Waals surface area contributed by atoms with Crippen LogP contribution in [0.2, 0.25) is 10.0 Å². The zero-order chi connectivity index (χ0) is 24.4. The van der Waals surface area contributed by atoms with E-state index in [-0.39, 0.29) is 5.91 Å². The van der Waals surface area contributed by atoms with Crippen LogP contribution in [0.3, 0.4) is 0 Å². The fourth-order valence-corrected chi connectivity index (χ4v) is 5.85. The summed E-state index contributed by atoms with van der Waals surface area (Å²) in [5.41, 5.74) is 1.26. The predicted molar refractivity (Wildman–Crippen MR) is 139 cm³/mol. The van der Waals surface area contributed by atoms with Crippen molar-refractivity contribution in [2.75, 3.05) is 32.7 Å². The summed E-state index contributed by atoms with van der Waals surface area (Å²) in [6.07, 6.45) is 1.59. The molecule has 4 aromatic rings. The van der Waals surface area contributed by atoms with E-state index in [0.717, 1.165) is 43.4 Å². The minimum Gasteiger partial charge on any atom is -0.461 e. The summed E-state index contributed by atoms with van der Waals surface area (Å²) >= 11 is 15.4. The van der Waals surface area contributed by atoms with Crippen LogP contribution in [0.5, 0.6) is 0 Å². The molecule has 182 valence electrons. The Hall–Kier alpha value is -2.37. The summed E-state index contributed by atoms with van der Waals surface area (Å²) in [7, 11) is 0. The van der Waals surface area contributed by atoms with Crippen LogP contribution in [0, 0.1) is 0 Å². The maximum Gasteiger partial charge on any atom is 0.273 e. The maximum absolute atomic E-state index is 12.9. The average Bonchev–Trinajstić information content (AvgIpc) is 3.64. The summed E-state index contributed by atoms with van der Waals surface area (Å²) in [5, 5.41) is 13.0. The lowest BCUT2D eigenvalue weighted by atomic mass is 10.3. The van der Waals surface area contributed by atoms with Gasteiger partial charge in [0.25, 0.3) is 5.91 Å². The summed E-state index contributed by atoms with van der Waals surface area (Å²) in [5.74, 6) is 1.67. The first kappa shape index (κ1) is 24.3. The summed E-state index contributed by atoms with van der Waals surface area (Å²) in [4.78, 5) is 21.7. The van der Waals surface area contributed by atoms with Crippen molar-refractivity contribution in [1.82, 2.24) is 29.5 Å². The average molecular weight is 550 g/mol. The van der Waals surface area contributed by atoms with Gasteiger partial charge in [-0.05, 0) is 36.9 Å². The minimum absolute atomic E-state index is 0.00710. The highest BCUT2D eigenvalue weighted by atomic mass is 35.5. The predicted octanol–water partition coefficient (Wildman–Crippen LogP) is 5.36. The Morgan fingerprint density at radius 3 is 2.69 bits per heavy atom. The van der Waals surface area contributed by atoms with E-state index in [2.05, 4.69) is 27.0 Å². The van der Waals surface area contributed by atoms with Gasteiger partial charge in [-0.2, -0.15) is 0 Å². The number of amides is 1. The molecule has 4 heterocycles. The second-order valence-electron chi connectivity index (χ2n) is 7.86. The van der Waals surface area contributed by atoms with Gasteiger partial charge >= 0.3 is 0 Å². The van der Waals surface area contributed by atoms with E-state index in [1.165, 1.54) is 23.1 Å². The first-order valence-corrected chi connectivity index (χ1v) is 13.7. The van der Waals surface area contributed by atoms with Gasteiger partial charge in [-0.3, -0.25) is 9.36 Å². The summed E-state index contributed by atoms with van der Waals surface area (Å²) < 4.78 is 7.44. The molecule has 0 spiro atoms. The molecule has 5 rings (SSSR count). The van der Waals surface area contributed by atoms with Crippen molar-refractivity contribution < 1.29 is 9.21 Å². The molecule has 0 unspecified atom stereocenters. The number of carbonyl (C=O) groups is 1. The number of nitrogens with zero attached hydrogens (tertiary/aromatic N) is 6. The molecule has 1 aliphatic heterocycles. The number of likely N-dealkylation sites (N-methyl/N-ethyl adjacent to an activating group) is 1. The molecule has 3 aromatic heterocycles. The number of hydrogen-bond donors (Lipinski definition) is 0. The van der Waals surface area contributed by atoms with Gasteiger partial charge in [0.2, 0.25) is 5.82 Å². The maximum atomic E-state index is 12.9. The molecule has 12 heteroatoms. The van der Waals surface area contributed by atoms with Gasteiger partial charge in [-0.1, -0.05) is 41.9 Å².